The molecule has 1 N–H and O–H groups in total. The predicted octanol–water partition coefficient (Wildman–Crippen LogP) is 0.715. The van der Waals surface area contributed by atoms with Crippen LogP contribution in [0.2, 0.25) is 0 Å². The Morgan fingerprint density at radius 1 is 1.47 bits per heavy atom. The van der Waals surface area contributed by atoms with Crippen molar-refractivity contribution in [2.24, 2.45) is 0 Å². The number of halogens is 1. The molecule has 4 nitrogen and oxygen atoms in total. The van der Waals surface area contributed by atoms with E-state index in [2.05, 4.69) is 5.32 Å². The number of rotatable bonds is 0. The van der Waals surface area contributed by atoms with Gasteiger partial charge in [0.05, 0.1) is 17.1 Å². The van der Waals surface area contributed by atoms with Crippen LogP contribution in [0.3, 0.4) is 0 Å². The number of hydrogen-bond donors (Lipinski definition) is 1. The van der Waals surface area contributed by atoms with Gasteiger partial charge in [0, 0.05) is 23.1 Å². The van der Waals surface area contributed by atoms with E-state index in [1.807, 2.05) is 4.90 Å². The lowest BCUT2D eigenvalue weighted by atomic mass is 10.1. The number of benzene rings is 1. The van der Waals surface area contributed by atoms with Crippen LogP contribution >= 0.6 is 0 Å². The fraction of sp³-hybridized carbons (Fsp3) is 0.364. The smallest absolute Gasteiger partial charge is 0.248 e. The molecule has 6 heteroatoms. The van der Waals surface area contributed by atoms with Crippen LogP contribution in [0, 0.1) is 5.82 Å². The van der Waals surface area contributed by atoms with Gasteiger partial charge in [-0.05, 0) is 18.2 Å². The van der Waals surface area contributed by atoms with E-state index in [0.717, 1.165) is 0 Å². The van der Waals surface area contributed by atoms with Crippen LogP contribution in [0.15, 0.2) is 18.2 Å². The summed E-state index contributed by atoms with van der Waals surface area (Å²) in [7, 11) is -0.958. The van der Waals surface area contributed by atoms with Gasteiger partial charge in [-0.25, -0.2) is 4.39 Å². The third-order valence-electron chi connectivity index (χ3n) is 3.11. The largest absolute Gasteiger partial charge is 0.356 e. The first kappa shape index (κ1) is 10.7. The van der Waals surface area contributed by atoms with Crippen LogP contribution < -0.4 is 10.2 Å². The predicted molar refractivity (Wildman–Crippen MR) is 64.0 cm³/mol. The first-order valence-electron chi connectivity index (χ1n) is 5.37. The van der Waals surface area contributed by atoms with Crippen molar-refractivity contribution >= 4 is 28.1 Å². The molecule has 2 heterocycles. The van der Waals surface area contributed by atoms with Gasteiger partial charge in [0.25, 0.3) is 0 Å². The summed E-state index contributed by atoms with van der Waals surface area (Å²) < 4.78 is 24.7. The molecule has 2 atom stereocenters. The molecule has 2 aliphatic heterocycles. The average molecular weight is 254 g/mol. The first-order chi connectivity index (χ1) is 8.15. The van der Waals surface area contributed by atoms with Gasteiger partial charge >= 0.3 is 0 Å². The second kappa shape index (κ2) is 3.80. The summed E-state index contributed by atoms with van der Waals surface area (Å²) in [6.45, 7) is 0.529. The standard InChI is InChI=1S/C11H11FN2O2S/c12-7-1-2-8-9(5-7)14-3-4-17(16)6-10(14)11(15)13-8/h1-2,5,10H,3-4,6H2,(H,13,15). The number of fused-ring (bicyclic) bond motifs is 3. The fourth-order valence-corrected chi connectivity index (χ4v) is 3.53. The quantitative estimate of drug-likeness (QED) is 0.742. The molecule has 1 aromatic rings. The molecule has 2 unspecified atom stereocenters. The maximum atomic E-state index is 13.2. The number of carbonyl (C=O) groups is 1. The number of hydrogen-bond acceptors (Lipinski definition) is 3. The Morgan fingerprint density at radius 3 is 3.12 bits per heavy atom. The first-order valence-corrected chi connectivity index (χ1v) is 6.86. The van der Waals surface area contributed by atoms with Crippen molar-refractivity contribution < 1.29 is 13.4 Å². The Hall–Kier alpha value is -1.43. The summed E-state index contributed by atoms with van der Waals surface area (Å²) in [5.41, 5.74) is 1.31. The van der Waals surface area contributed by atoms with E-state index in [1.54, 1.807) is 6.07 Å². The van der Waals surface area contributed by atoms with Crippen molar-refractivity contribution in [1.82, 2.24) is 0 Å². The number of carbonyl (C=O) groups excluding carboxylic acids is 1. The van der Waals surface area contributed by atoms with Gasteiger partial charge in [0.1, 0.15) is 11.9 Å². The average Bonchev–Trinajstić information content (AvgIpc) is 2.30. The molecule has 1 saturated heterocycles. The van der Waals surface area contributed by atoms with Crippen LogP contribution in [0.5, 0.6) is 0 Å². The van der Waals surface area contributed by atoms with E-state index in [9.17, 15) is 13.4 Å². The minimum absolute atomic E-state index is 0.155. The molecule has 3 rings (SSSR count). The lowest BCUT2D eigenvalue weighted by Gasteiger charge is -2.40. The van der Waals surface area contributed by atoms with Crippen molar-refractivity contribution in [3.05, 3.63) is 24.0 Å². The third kappa shape index (κ3) is 1.72. The highest BCUT2D eigenvalue weighted by Gasteiger charge is 2.37. The molecule has 2 aliphatic rings. The normalized spacial score (nSPS) is 27.1. The van der Waals surface area contributed by atoms with Crippen molar-refractivity contribution in [2.45, 2.75) is 6.04 Å². The molecule has 17 heavy (non-hydrogen) atoms. The molecule has 0 radical (unpaired) electrons. The minimum atomic E-state index is -0.958. The van der Waals surface area contributed by atoms with Gasteiger partial charge in [0.15, 0.2) is 0 Å². The zero-order chi connectivity index (χ0) is 12.0. The number of nitrogens with one attached hydrogen (secondary N) is 1. The van der Waals surface area contributed by atoms with E-state index in [-0.39, 0.29) is 11.7 Å². The SMILES string of the molecule is O=C1Nc2ccc(F)cc2N2CCS(=O)CC12. The Morgan fingerprint density at radius 2 is 2.29 bits per heavy atom. The molecule has 0 aromatic heterocycles. The van der Waals surface area contributed by atoms with Gasteiger partial charge in [-0.15, -0.1) is 0 Å². The second-order valence-electron chi connectivity index (χ2n) is 4.17. The van der Waals surface area contributed by atoms with Crippen molar-refractivity contribution in [1.29, 1.82) is 0 Å². The maximum Gasteiger partial charge on any atom is 0.248 e. The maximum absolute atomic E-state index is 13.2. The molecule has 0 aliphatic carbocycles. The van der Waals surface area contributed by atoms with Crippen LogP contribution in [0.25, 0.3) is 0 Å². The summed E-state index contributed by atoms with van der Waals surface area (Å²) in [6, 6.07) is 3.86. The van der Waals surface area contributed by atoms with E-state index in [0.29, 0.717) is 29.4 Å². The molecule has 1 amide bonds. The zero-order valence-corrected chi connectivity index (χ0v) is 9.80. The lowest BCUT2D eigenvalue weighted by molar-refractivity contribution is -0.117. The zero-order valence-electron chi connectivity index (χ0n) is 8.98. The Bertz CT molecular complexity index is 520. The monoisotopic (exact) mass is 254 g/mol. The Balaban J connectivity index is 2.06. The van der Waals surface area contributed by atoms with E-state index in [1.165, 1.54) is 12.1 Å². The minimum Gasteiger partial charge on any atom is -0.356 e. The van der Waals surface area contributed by atoms with Crippen molar-refractivity contribution in [3.8, 4) is 0 Å². The van der Waals surface area contributed by atoms with Gasteiger partial charge in [-0.1, -0.05) is 0 Å². The molecule has 0 saturated carbocycles. The highest BCUT2D eigenvalue weighted by atomic mass is 32.2. The molecule has 90 valence electrons. The van der Waals surface area contributed by atoms with Crippen molar-refractivity contribution in [2.75, 3.05) is 28.3 Å². The molecular weight excluding hydrogens is 243 g/mol. The van der Waals surface area contributed by atoms with Crippen LogP contribution in [-0.2, 0) is 15.6 Å². The highest BCUT2D eigenvalue weighted by molar-refractivity contribution is 7.85. The number of amides is 1. The second-order valence-corrected chi connectivity index (χ2v) is 5.79. The van der Waals surface area contributed by atoms with Crippen LogP contribution in [0.1, 0.15) is 0 Å². The third-order valence-corrected chi connectivity index (χ3v) is 4.44. The fourth-order valence-electron chi connectivity index (χ4n) is 2.28. The van der Waals surface area contributed by atoms with E-state index in [4.69, 9.17) is 0 Å². The van der Waals surface area contributed by atoms with Gasteiger partial charge in [-0.2, -0.15) is 0 Å². The van der Waals surface area contributed by atoms with E-state index < -0.39 is 16.8 Å². The molecule has 1 aromatic carbocycles. The topological polar surface area (TPSA) is 49.4 Å². The summed E-state index contributed by atoms with van der Waals surface area (Å²) in [5, 5.41) is 2.73. The molecule has 0 bridgehead atoms. The number of anilines is 2. The molecular formula is C11H11FN2O2S. The van der Waals surface area contributed by atoms with Crippen LogP contribution in [-0.4, -0.2) is 34.2 Å². The van der Waals surface area contributed by atoms with Crippen molar-refractivity contribution in [3.63, 3.8) is 0 Å². The summed E-state index contributed by atoms with van der Waals surface area (Å²) >= 11 is 0. The molecule has 1 fully saturated rings. The highest BCUT2D eigenvalue weighted by Crippen LogP contribution is 2.34. The van der Waals surface area contributed by atoms with Gasteiger partial charge < -0.3 is 10.2 Å². The molecule has 0 spiro atoms. The summed E-state index contributed by atoms with van der Waals surface area (Å²) in [6.07, 6.45) is 0. The lowest BCUT2D eigenvalue weighted by Crippen LogP contribution is -2.55. The number of nitrogens with zero attached hydrogens (tertiary/aromatic N) is 1. The Labute approximate surface area is 100 Å². The van der Waals surface area contributed by atoms with Crippen LogP contribution in [0.4, 0.5) is 15.8 Å². The van der Waals surface area contributed by atoms with E-state index >= 15 is 0 Å². The van der Waals surface area contributed by atoms with Gasteiger partial charge in [-0.3, -0.25) is 9.00 Å². The summed E-state index contributed by atoms with van der Waals surface area (Å²) in [4.78, 5) is 13.7. The summed E-state index contributed by atoms with van der Waals surface area (Å²) in [5.74, 6) is 0.365. The Kier molecular flexibility index (Phi) is 2.39. The van der Waals surface area contributed by atoms with Gasteiger partial charge in [0.2, 0.25) is 5.91 Å².